The zero-order chi connectivity index (χ0) is 22.5. The average Bonchev–Trinajstić information content (AvgIpc) is 3.06. The monoisotopic (exact) mass is 428 g/mol. The van der Waals surface area contributed by atoms with Crippen molar-refractivity contribution < 1.29 is 23.9 Å². The second kappa shape index (κ2) is 9.26. The van der Waals surface area contributed by atoms with Crippen molar-refractivity contribution in [1.82, 2.24) is 4.90 Å². The Labute approximate surface area is 184 Å². The molecule has 0 saturated carbocycles. The molecule has 1 aliphatic rings. The van der Waals surface area contributed by atoms with Crippen molar-refractivity contribution in [3.63, 3.8) is 0 Å². The number of hydrogen-bond acceptors (Lipinski definition) is 5. The molecule has 3 aromatic carbocycles. The lowest BCUT2D eigenvalue weighted by Gasteiger charge is -2.13. The van der Waals surface area contributed by atoms with Gasteiger partial charge in [-0.3, -0.25) is 24.1 Å². The zero-order valence-electron chi connectivity index (χ0n) is 17.1. The molecule has 1 aliphatic heterocycles. The average molecular weight is 428 g/mol. The van der Waals surface area contributed by atoms with Gasteiger partial charge in [0.2, 0.25) is 0 Å². The third kappa shape index (κ3) is 4.57. The molecule has 0 saturated heterocycles. The molecular formula is C25H20N2O5. The first-order valence-electron chi connectivity index (χ1n) is 10.2. The van der Waals surface area contributed by atoms with Crippen LogP contribution in [0, 0.1) is 0 Å². The second-order valence-electron chi connectivity index (χ2n) is 7.23. The number of anilines is 1. The van der Waals surface area contributed by atoms with E-state index in [1.807, 2.05) is 6.07 Å². The smallest absolute Gasteiger partial charge is 0.311 e. The van der Waals surface area contributed by atoms with Crippen molar-refractivity contribution in [2.24, 2.45) is 0 Å². The van der Waals surface area contributed by atoms with Crippen LogP contribution >= 0.6 is 0 Å². The molecule has 0 radical (unpaired) electrons. The molecule has 0 aromatic heterocycles. The van der Waals surface area contributed by atoms with Gasteiger partial charge in [-0.1, -0.05) is 30.3 Å². The summed E-state index contributed by atoms with van der Waals surface area (Å²) < 4.78 is 5.30. The summed E-state index contributed by atoms with van der Waals surface area (Å²) in [6, 6.07) is 22.0. The molecule has 0 bridgehead atoms. The van der Waals surface area contributed by atoms with Crippen LogP contribution in [-0.2, 0) is 4.79 Å². The molecule has 0 fully saturated rings. The van der Waals surface area contributed by atoms with E-state index in [0.717, 1.165) is 4.90 Å². The molecular weight excluding hydrogens is 408 g/mol. The summed E-state index contributed by atoms with van der Waals surface area (Å²) in [5.41, 5.74) is 1.89. The Morgan fingerprint density at radius 1 is 0.781 bits per heavy atom. The number of fused-ring (bicyclic) bond motifs is 1. The number of nitrogens with one attached hydrogen (secondary N) is 1. The van der Waals surface area contributed by atoms with Gasteiger partial charge < -0.3 is 10.1 Å². The third-order valence-corrected chi connectivity index (χ3v) is 5.02. The minimum absolute atomic E-state index is 0.0555. The van der Waals surface area contributed by atoms with E-state index in [1.165, 1.54) is 0 Å². The predicted octanol–water partition coefficient (Wildman–Crippen LogP) is 3.92. The van der Waals surface area contributed by atoms with Crippen molar-refractivity contribution in [2.75, 3.05) is 11.9 Å². The number of esters is 1. The maximum atomic E-state index is 12.3. The lowest BCUT2D eigenvalue weighted by Crippen LogP contribution is -2.31. The van der Waals surface area contributed by atoms with Gasteiger partial charge in [0.25, 0.3) is 17.7 Å². The zero-order valence-corrected chi connectivity index (χ0v) is 17.1. The van der Waals surface area contributed by atoms with Crippen LogP contribution in [0.25, 0.3) is 0 Å². The highest BCUT2D eigenvalue weighted by Gasteiger charge is 2.34. The number of rotatable bonds is 7. The predicted molar refractivity (Wildman–Crippen MR) is 118 cm³/mol. The van der Waals surface area contributed by atoms with E-state index in [2.05, 4.69) is 5.32 Å². The van der Waals surface area contributed by atoms with Gasteiger partial charge in [0.05, 0.1) is 11.1 Å². The Morgan fingerprint density at radius 3 is 2.00 bits per heavy atom. The van der Waals surface area contributed by atoms with Crippen LogP contribution in [-0.4, -0.2) is 35.1 Å². The van der Waals surface area contributed by atoms with Crippen LogP contribution in [0.15, 0.2) is 78.9 Å². The maximum Gasteiger partial charge on any atom is 0.311 e. The molecule has 0 spiro atoms. The van der Waals surface area contributed by atoms with Crippen molar-refractivity contribution in [2.45, 2.75) is 12.8 Å². The quantitative estimate of drug-likeness (QED) is 0.350. The summed E-state index contributed by atoms with van der Waals surface area (Å²) in [5.74, 6) is -1.04. The summed E-state index contributed by atoms with van der Waals surface area (Å²) >= 11 is 0. The number of carbonyl (C=O) groups excluding carboxylic acids is 4. The number of ether oxygens (including phenoxy) is 1. The molecule has 32 heavy (non-hydrogen) atoms. The summed E-state index contributed by atoms with van der Waals surface area (Å²) in [5, 5.41) is 2.77. The topological polar surface area (TPSA) is 92.8 Å². The van der Waals surface area contributed by atoms with E-state index in [9.17, 15) is 19.2 Å². The van der Waals surface area contributed by atoms with Crippen molar-refractivity contribution in [1.29, 1.82) is 0 Å². The van der Waals surface area contributed by atoms with E-state index in [4.69, 9.17) is 4.74 Å². The van der Waals surface area contributed by atoms with E-state index < -0.39 is 5.97 Å². The Morgan fingerprint density at radius 2 is 1.38 bits per heavy atom. The van der Waals surface area contributed by atoms with E-state index in [1.54, 1.807) is 72.8 Å². The van der Waals surface area contributed by atoms with Gasteiger partial charge in [0, 0.05) is 24.2 Å². The highest BCUT2D eigenvalue weighted by atomic mass is 16.5. The minimum atomic E-state index is -0.470. The number of imide groups is 1. The van der Waals surface area contributed by atoms with E-state index >= 15 is 0 Å². The molecule has 7 heteroatoms. The lowest BCUT2D eigenvalue weighted by molar-refractivity contribution is -0.134. The Hall–Kier alpha value is -4.26. The molecule has 3 amide bonds. The lowest BCUT2D eigenvalue weighted by atomic mass is 10.1. The van der Waals surface area contributed by atoms with Gasteiger partial charge in [-0.25, -0.2) is 0 Å². The fraction of sp³-hybridized carbons (Fsp3) is 0.120. The van der Waals surface area contributed by atoms with Crippen LogP contribution in [0.1, 0.15) is 43.9 Å². The van der Waals surface area contributed by atoms with Crippen LogP contribution < -0.4 is 10.1 Å². The molecule has 1 heterocycles. The Kier molecular flexibility index (Phi) is 6.07. The van der Waals surface area contributed by atoms with Gasteiger partial charge in [0.1, 0.15) is 5.75 Å². The molecule has 1 N–H and O–H groups in total. The highest BCUT2D eigenvalue weighted by Crippen LogP contribution is 2.23. The number of nitrogens with zero attached hydrogens (tertiary/aromatic N) is 1. The standard InChI is InChI=1S/C25H20N2O5/c28-22(11-6-16-27-24(30)20-9-4-5-10-21(20)25(27)31)32-19-14-12-18(13-15-19)26-23(29)17-7-2-1-3-8-17/h1-5,7-10,12-15H,6,11,16H2,(H,26,29). The molecule has 0 aliphatic carbocycles. The Bertz CT molecular complexity index is 1140. The number of carbonyl (C=O) groups is 4. The number of benzene rings is 3. The first kappa shape index (κ1) is 21.0. The molecule has 7 nitrogen and oxygen atoms in total. The van der Waals surface area contributed by atoms with Crippen molar-refractivity contribution in [3.8, 4) is 5.75 Å². The van der Waals surface area contributed by atoms with Crippen LogP contribution in [0.2, 0.25) is 0 Å². The largest absolute Gasteiger partial charge is 0.427 e. The molecule has 3 aromatic rings. The maximum absolute atomic E-state index is 12.3. The minimum Gasteiger partial charge on any atom is -0.427 e. The van der Waals surface area contributed by atoms with Gasteiger partial charge >= 0.3 is 5.97 Å². The summed E-state index contributed by atoms with van der Waals surface area (Å²) in [6.07, 6.45) is 0.357. The fourth-order valence-electron chi connectivity index (χ4n) is 3.41. The number of amides is 3. The van der Waals surface area contributed by atoms with Gasteiger partial charge in [-0.05, 0) is 55.0 Å². The van der Waals surface area contributed by atoms with Crippen molar-refractivity contribution >= 4 is 29.4 Å². The highest BCUT2D eigenvalue weighted by molar-refractivity contribution is 6.21. The van der Waals surface area contributed by atoms with Crippen LogP contribution in [0.5, 0.6) is 5.75 Å². The van der Waals surface area contributed by atoms with Crippen LogP contribution in [0.4, 0.5) is 5.69 Å². The summed E-state index contributed by atoms with van der Waals surface area (Å²) in [7, 11) is 0. The fourth-order valence-corrected chi connectivity index (χ4v) is 3.41. The van der Waals surface area contributed by atoms with Gasteiger partial charge in [0.15, 0.2) is 0 Å². The Balaban J connectivity index is 1.25. The number of hydrogen-bond donors (Lipinski definition) is 1. The SMILES string of the molecule is O=C(CCCN1C(=O)c2ccccc2C1=O)Oc1ccc(NC(=O)c2ccccc2)cc1. The van der Waals surface area contributed by atoms with Gasteiger partial charge in [-0.2, -0.15) is 0 Å². The molecule has 0 atom stereocenters. The third-order valence-electron chi connectivity index (χ3n) is 5.02. The first-order valence-corrected chi connectivity index (χ1v) is 10.2. The molecule has 0 unspecified atom stereocenters. The van der Waals surface area contributed by atoms with E-state index in [0.29, 0.717) is 34.5 Å². The summed E-state index contributed by atoms with van der Waals surface area (Å²) in [4.78, 5) is 50.1. The second-order valence-corrected chi connectivity index (χ2v) is 7.23. The first-order chi connectivity index (χ1) is 15.5. The normalized spacial score (nSPS) is 12.4. The van der Waals surface area contributed by atoms with E-state index in [-0.39, 0.29) is 30.7 Å². The molecule has 160 valence electrons. The summed E-state index contributed by atoms with van der Waals surface area (Å²) in [6.45, 7) is 0.145. The van der Waals surface area contributed by atoms with Crippen molar-refractivity contribution in [3.05, 3.63) is 95.6 Å². The van der Waals surface area contributed by atoms with Crippen LogP contribution in [0.3, 0.4) is 0 Å². The van der Waals surface area contributed by atoms with Gasteiger partial charge in [-0.15, -0.1) is 0 Å². The molecule has 4 rings (SSSR count).